The number of unbranched alkanes of at least 4 members (excludes halogenated alkanes) is 1. The molecule has 2 aromatic carbocycles. The molecule has 1 nitrogen and oxygen atoms in total. The molecule has 0 amide bonds. The first kappa shape index (κ1) is 21.4. The highest BCUT2D eigenvalue weighted by Gasteiger charge is 2.14. The first-order valence-electron chi connectivity index (χ1n) is 10.8. The predicted molar refractivity (Wildman–Crippen MR) is 119 cm³/mol. The Morgan fingerprint density at radius 1 is 0.815 bits per heavy atom. The third kappa shape index (κ3) is 8.58. The third-order valence-electron chi connectivity index (χ3n) is 5.23. The van der Waals surface area contributed by atoms with Crippen molar-refractivity contribution in [1.82, 2.24) is 4.90 Å². The standard InChI is InChI=1S/C26H37N/c1-3-5-7-14-21-27(20-6-4-2)22-19-26(25-17-12-9-13-18-25)23-24-15-10-8-11-16-24/h5,7-13,15-18,26H,3-4,6,14,19-23H2,1-2H3/b7-5+. The Bertz CT molecular complexity index is 617. The minimum atomic E-state index is 0.587. The van der Waals surface area contributed by atoms with Crippen molar-refractivity contribution in [2.24, 2.45) is 0 Å². The quantitative estimate of drug-likeness (QED) is 0.351. The fraction of sp³-hybridized carbons (Fsp3) is 0.462. The van der Waals surface area contributed by atoms with Crippen molar-refractivity contribution in [3.63, 3.8) is 0 Å². The van der Waals surface area contributed by atoms with Crippen LogP contribution in [0.1, 0.15) is 63.0 Å². The summed E-state index contributed by atoms with van der Waals surface area (Å²) in [6, 6.07) is 22.0. The SMILES string of the molecule is CC/C=C/CCN(CCCC)CCC(Cc1ccccc1)c1ccccc1. The van der Waals surface area contributed by atoms with Gasteiger partial charge in [0.05, 0.1) is 0 Å². The average molecular weight is 364 g/mol. The van der Waals surface area contributed by atoms with Crippen molar-refractivity contribution in [2.75, 3.05) is 19.6 Å². The summed E-state index contributed by atoms with van der Waals surface area (Å²) in [5, 5.41) is 0. The number of benzene rings is 2. The highest BCUT2D eigenvalue weighted by molar-refractivity contribution is 5.24. The van der Waals surface area contributed by atoms with Gasteiger partial charge >= 0.3 is 0 Å². The maximum atomic E-state index is 2.67. The van der Waals surface area contributed by atoms with Crippen molar-refractivity contribution in [3.8, 4) is 0 Å². The van der Waals surface area contributed by atoms with Gasteiger partial charge in [-0.25, -0.2) is 0 Å². The second-order valence-electron chi connectivity index (χ2n) is 7.45. The molecule has 1 heteroatoms. The largest absolute Gasteiger partial charge is 0.303 e. The van der Waals surface area contributed by atoms with E-state index < -0.39 is 0 Å². The van der Waals surface area contributed by atoms with Crippen molar-refractivity contribution in [2.45, 2.75) is 58.3 Å². The van der Waals surface area contributed by atoms with Gasteiger partial charge in [0.1, 0.15) is 0 Å². The number of hydrogen-bond acceptors (Lipinski definition) is 1. The van der Waals surface area contributed by atoms with Gasteiger partial charge in [-0.3, -0.25) is 0 Å². The minimum Gasteiger partial charge on any atom is -0.303 e. The summed E-state index contributed by atoms with van der Waals surface area (Å²) in [7, 11) is 0. The summed E-state index contributed by atoms with van der Waals surface area (Å²) in [4.78, 5) is 2.67. The Kier molecular flexibility index (Phi) is 10.6. The zero-order valence-corrected chi connectivity index (χ0v) is 17.3. The monoisotopic (exact) mass is 363 g/mol. The van der Waals surface area contributed by atoms with Gasteiger partial charge in [0, 0.05) is 6.54 Å². The fourth-order valence-electron chi connectivity index (χ4n) is 3.61. The molecule has 0 saturated heterocycles. The summed E-state index contributed by atoms with van der Waals surface area (Å²) < 4.78 is 0. The van der Waals surface area contributed by atoms with Gasteiger partial charge in [0.25, 0.3) is 0 Å². The van der Waals surface area contributed by atoms with E-state index in [2.05, 4.69) is 91.6 Å². The first-order chi connectivity index (χ1) is 13.3. The van der Waals surface area contributed by atoms with Gasteiger partial charge in [-0.15, -0.1) is 0 Å². The van der Waals surface area contributed by atoms with E-state index in [1.165, 1.54) is 56.4 Å². The van der Waals surface area contributed by atoms with E-state index in [0.29, 0.717) is 5.92 Å². The predicted octanol–water partition coefficient (Wildman–Crippen LogP) is 6.86. The second-order valence-corrected chi connectivity index (χ2v) is 7.45. The van der Waals surface area contributed by atoms with Crippen molar-refractivity contribution >= 4 is 0 Å². The third-order valence-corrected chi connectivity index (χ3v) is 5.23. The molecule has 1 atom stereocenters. The van der Waals surface area contributed by atoms with Gasteiger partial charge in [0.2, 0.25) is 0 Å². The van der Waals surface area contributed by atoms with E-state index in [1.807, 2.05) is 0 Å². The van der Waals surface area contributed by atoms with E-state index >= 15 is 0 Å². The Morgan fingerprint density at radius 2 is 1.52 bits per heavy atom. The molecule has 0 spiro atoms. The normalized spacial score (nSPS) is 12.7. The van der Waals surface area contributed by atoms with Gasteiger partial charge < -0.3 is 4.90 Å². The molecule has 0 aliphatic carbocycles. The van der Waals surface area contributed by atoms with Crippen LogP contribution >= 0.6 is 0 Å². The van der Waals surface area contributed by atoms with E-state index in [9.17, 15) is 0 Å². The molecular formula is C26H37N. The minimum absolute atomic E-state index is 0.587. The lowest BCUT2D eigenvalue weighted by atomic mass is 9.89. The van der Waals surface area contributed by atoms with Gasteiger partial charge in [0.15, 0.2) is 0 Å². The van der Waals surface area contributed by atoms with Crippen molar-refractivity contribution in [1.29, 1.82) is 0 Å². The molecule has 2 aromatic rings. The van der Waals surface area contributed by atoms with Crippen LogP contribution in [0.4, 0.5) is 0 Å². The summed E-state index contributed by atoms with van der Waals surface area (Å²) >= 11 is 0. The molecule has 1 unspecified atom stereocenters. The van der Waals surface area contributed by atoms with Crippen LogP contribution in [0.25, 0.3) is 0 Å². The number of hydrogen-bond donors (Lipinski definition) is 0. The lowest BCUT2D eigenvalue weighted by Crippen LogP contribution is -2.28. The molecule has 146 valence electrons. The van der Waals surface area contributed by atoms with E-state index in [0.717, 1.165) is 12.8 Å². The van der Waals surface area contributed by atoms with Crippen LogP contribution in [0.3, 0.4) is 0 Å². The number of allylic oxidation sites excluding steroid dienone is 1. The average Bonchev–Trinajstić information content (AvgIpc) is 2.73. The molecule has 0 N–H and O–H groups in total. The first-order valence-corrected chi connectivity index (χ1v) is 10.8. The van der Waals surface area contributed by atoms with Crippen LogP contribution in [-0.4, -0.2) is 24.5 Å². The molecule has 0 radical (unpaired) electrons. The molecule has 0 aromatic heterocycles. The molecule has 27 heavy (non-hydrogen) atoms. The van der Waals surface area contributed by atoms with Crippen LogP contribution in [-0.2, 0) is 6.42 Å². The van der Waals surface area contributed by atoms with Gasteiger partial charge in [-0.2, -0.15) is 0 Å². The highest BCUT2D eigenvalue weighted by atomic mass is 15.1. The molecule has 0 heterocycles. The second kappa shape index (κ2) is 13.3. The molecular weight excluding hydrogens is 326 g/mol. The molecule has 0 saturated carbocycles. The Balaban J connectivity index is 1.99. The maximum absolute atomic E-state index is 2.67. The molecule has 0 aliphatic rings. The Morgan fingerprint density at radius 3 is 2.19 bits per heavy atom. The summed E-state index contributed by atoms with van der Waals surface area (Å²) in [6.07, 6.45) is 11.9. The zero-order chi connectivity index (χ0) is 19.2. The van der Waals surface area contributed by atoms with Crippen LogP contribution in [0.15, 0.2) is 72.8 Å². The van der Waals surface area contributed by atoms with Crippen LogP contribution < -0.4 is 0 Å². The van der Waals surface area contributed by atoms with Crippen molar-refractivity contribution < 1.29 is 0 Å². The van der Waals surface area contributed by atoms with E-state index in [1.54, 1.807) is 0 Å². The van der Waals surface area contributed by atoms with E-state index in [4.69, 9.17) is 0 Å². The Hall–Kier alpha value is -1.86. The topological polar surface area (TPSA) is 3.24 Å². The lowest BCUT2D eigenvalue weighted by Gasteiger charge is -2.25. The maximum Gasteiger partial charge on any atom is 0.00159 e. The fourth-order valence-corrected chi connectivity index (χ4v) is 3.61. The lowest BCUT2D eigenvalue weighted by molar-refractivity contribution is 0.263. The van der Waals surface area contributed by atoms with Crippen LogP contribution in [0.2, 0.25) is 0 Å². The molecule has 0 bridgehead atoms. The smallest absolute Gasteiger partial charge is 0.00159 e. The van der Waals surface area contributed by atoms with Gasteiger partial charge in [-0.1, -0.05) is 93.1 Å². The highest BCUT2D eigenvalue weighted by Crippen LogP contribution is 2.25. The zero-order valence-electron chi connectivity index (χ0n) is 17.3. The number of rotatable bonds is 13. The number of nitrogens with zero attached hydrogens (tertiary/aromatic N) is 1. The summed E-state index contributed by atoms with van der Waals surface area (Å²) in [5.41, 5.74) is 2.92. The van der Waals surface area contributed by atoms with Crippen LogP contribution in [0, 0.1) is 0 Å². The van der Waals surface area contributed by atoms with Gasteiger partial charge in [-0.05, 0) is 62.2 Å². The molecule has 2 rings (SSSR count). The Labute approximate surface area is 167 Å². The summed E-state index contributed by atoms with van der Waals surface area (Å²) in [6.45, 7) is 8.09. The van der Waals surface area contributed by atoms with E-state index in [-0.39, 0.29) is 0 Å². The van der Waals surface area contributed by atoms with Crippen molar-refractivity contribution in [3.05, 3.63) is 83.9 Å². The molecule has 0 fully saturated rings. The molecule has 0 aliphatic heterocycles. The summed E-state index contributed by atoms with van der Waals surface area (Å²) in [5.74, 6) is 0.587. The van der Waals surface area contributed by atoms with Crippen LogP contribution in [0.5, 0.6) is 0 Å².